The first-order valence-electron chi connectivity index (χ1n) is 6.24. The van der Waals surface area contributed by atoms with Crippen molar-refractivity contribution < 1.29 is 14.3 Å². The number of hydrogen-bond donors (Lipinski definition) is 1. The molecule has 0 fully saturated rings. The molecule has 0 saturated heterocycles. The summed E-state index contributed by atoms with van der Waals surface area (Å²) in [4.78, 5) is 15.6. The van der Waals surface area contributed by atoms with Gasteiger partial charge in [0.15, 0.2) is 0 Å². The second-order valence-corrected chi connectivity index (χ2v) is 5.14. The lowest BCUT2D eigenvalue weighted by Gasteiger charge is -2.11. The van der Waals surface area contributed by atoms with Crippen molar-refractivity contribution in [3.63, 3.8) is 0 Å². The van der Waals surface area contributed by atoms with Crippen molar-refractivity contribution in [3.8, 4) is 5.75 Å². The van der Waals surface area contributed by atoms with E-state index in [4.69, 9.17) is 4.74 Å². The van der Waals surface area contributed by atoms with E-state index < -0.39 is 5.97 Å². The Morgan fingerprint density at radius 1 is 1.29 bits per heavy atom. The van der Waals surface area contributed by atoms with E-state index in [9.17, 15) is 4.79 Å². The molecule has 1 heterocycles. The number of esters is 1. The molecule has 0 aliphatic carbocycles. The number of nitrogens with one attached hydrogen (secondary N) is 1. The zero-order chi connectivity index (χ0) is 15.2. The highest BCUT2D eigenvalue weighted by Crippen LogP contribution is 2.28. The number of benzene rings is 1. The van der Waals surface area contributed by atoms with Crippen LogP contribution in [0.3, 0.4) is 0 Å². The maximum Gasteiger partial charge on any atom is 0.339 e. The summed E-state index contributed by atoms with van der Waals surface area (Å²) in [7, 11) is 2.97. The summed E-state index contributed by atoms with van der Waals surface area (Å²) in [5.41, 5.74) is 2.11. The first kappa shape index (κ1) is 15.3. The third-order valence-corrected chi connectivity index (χ3v) is 3.36. The predicted octanol–water partition coefficient (Wildman–Crippen LogP) is 3.25. The molecule has 21 heavy (non-hydrogen) atoms. The number of methoxy groups -OCH3 is 2. The molecule has 0 atom stereocenters. The van der Waals surface area contributed by atoms with E-state index in [-0.39, 0.29) is 0 Å². The number of carbonyl (C=O) groups excluding carboxylic acids is 1. The first-order valence-corrected chi connectivity index (χ1v) is 7.04. The Hall–Kier alpha value is -2.08. The number of carbonyl (C=O) groups is 1. The fraction of sp³-hybridized carbons (Fsp3) is 0.200. The van der Waals surface area contributed by atoms with E-state index in [0.29, 0.717) is 12.1 Å². The molecule has 0 aliphatic heterocycles. The Morgan fingerprint density at radius 2 is 2.10 bits per heavy atom. The van der Waals surface area contributed by atoms with Crippen LogP contribution in [-0.2, 0) is 11.3 Å². The van der Waals surface area contributed by atoms with Crippen molar-refractivity contribution in [1.29, 1.82) is 0 Å². The summed E-state index contributed by atoms with van der Waals surface area (Å²) in [6.07, 6.45) is 1.50. The Morgan fingerprint density at radius 3 is 2.71 bits per heavy atom. The number of hydrogen-bond acceptors (Lipinski definition) is 5. The largest absolute Gasteiger partial charge is 0.495 e. The number of ether oxygens (including phenoxy) is 2. The minimum Gasteiger partial charge on any atom is -0.495 e. The summed E-state index contributed by atoms with van der Waals surface area (Å²) in [6.45, 7) is 0.522. The van der Waals surface area contributed by atoms with Crippen LogP contribution < -0.4 is 10.1 Å². The van der Waals surface area contributed by atoms with Crippen LogP contribution in [0.5, 0.6) is 5.75 Å². The van der Waals surface area contributed by atoms with E-state index in [0.717, 1.165) is 21.6 Å². The molecule has 0 radical (unpaired) electrons. The molecule has 1 aromatic carbocycles. The summed E-state index contributed by atoms with van der Waals surface area (Å²) < 4.78 is 10.9. The Bertz CT molecular complexity index is 629. The minimum atomic E-state index is -0.393. The van der Waals surface area contributed by atoms with Crippen LogP contribution in [0, 0.1) is 0 Å². The highest BCUT2D eigenvalue weighted by atomic mass is 79.9. The molecule has 6 heteroatoms. The van der Waals surface area contributed by atoms with Crippen LogP contribution in [0.4, 0.5) is 5.69 Å². The molecular formula is C15H15BrN2O3. The standard InChI is InChI=1S/C15H15BrN2O3/c1-20-14-6-4-11(16)7-13(14)18-9-12-5-3-10(8-17-12)15(19)21-2/h3-8,18H,9H2,1-2H3. The molecular weight excluding hydrogens is 336 g/mol. The van der Waals surface area contributed by atoms with Crippen LogP contribution in [0.2, 0.25) is 0 Å². The van der Waals surface area contributed by atoms with Crippen LogP contribution in [0.1, 0.15) is 16.1 Å². The van der Waals surface area contributed by atoms with Gasteiger partial charge >= 0.3 is 5.97 Å². The van der Waals surface area contributed by atoms with Gasteiger partial charge in [-0.1, -0.05) is 15.9 Å². The molecule has 1 aromatic heterocycles. The number of anilines is 1. The molecule has 0 spiro atoms. The highest BCUT2D eigenvalue weighted by molar-refractivity contribution is 9.10. The number of nitrogens with zero attached hydrogens (tertiary/aromatic N) is 1. The Labute approximate surface area is 131 Å². The van der Waals surface area contributed by atoms with Crippen molar-refractivity contribution in [2.75, 3.05) is 19.5 Å². The topological polar surface area (TPSA) is 60.5 Å². The highest BCUT2D eigenvalue weighted by Gasteiger charge is 2.07. The van der Waals surface area contributed by atoms with E-state index in [1.165, 1.54) is 13.3 Å². The monoisotopic (exact) mass is 350 g/mol. The number of pyridine rings is 1. The molecule has 0 saturated carbocycles. The van der Waals surface area contributed by atoms with E-state index in [2.05, 4.69) is 31.0 Å². The number of aromatic nitrogens is 1. The summed E-state index contributed by atoms with van der Waals surface area (Å²) in [5.74, 6) is 0.361. The Kier molecular flexibility index (Phi) is 5.16. The maximum absolute atomic E-state index is 11.3. The lowest BCUT2D eigenvalue weighted by atomic mass is 10.2. The van der Waals surface area contributed by atoms with Crippen molar-refractivity contribution in [1.82, 2.24) is 4.98 Å². The van der Waals surface area contributed by atoms with E-state index in [1.54, 1.807) is 19.2 Å². The zero-order valence-corrected chi connectivity index (χ0v) is 13.3. The van der Waals surface area contributed by atoms with Gasteiger partial charge in [0.1, 0.15) is 5.75 Å². The molecule has 0 unspecified atom stereocenters. The fourth-order valence-electron chi connectivity index (χ4n) is 1.77. The third kappa shape index (κ3) is 3.95. The van der Waals surface area contributed by atoms with Crippen molar-refractivity contribution in [2.45, 2.75) is 6.54 Å². The van der Waals surface area contributed by atoms with Gasteiger partial charge < -0.3 is 14.8 Å². The van der Waals surface area contributed by atoms with Gasteiger partial charge in [-0.3, -0.25) is 4.98 Å². The summed E-state index contributed by atoms with van der Waals surface area (Å²) >= 11 is 3.42. The Balaban J connectivity index is 2.06. The molecule has 5 nitrogen and oxygen atoms in total. The smallest absolute Gasteiger partial charge is 0.339 e. The van der Waals surface area contributed by atoms with E-state index in [1.807, 2.05) is 18.2 Å². The van der Waals surface area contributed by atoms with Gasteiger partial charge in [0.2, 0.25) is 0 Å². The minimum absolute atomic E-state index is 0.393. The normalized spacial score (nSPS) is 10.0. The zero-order valence-electron chi connectivity index (χ0n) is 11.7. The van der Waals surface area contributed by atoms with Crippen molar-refractivity contribution >= 4 is 27.6 Å². The van der Waals surface area contributed by atoms with Crippen LogP contribution in [0.25, 0.3) is 0 Å². The van der Waals surface area contributed by atoms with Gasteiger partial charge in [-0.25, -0.2) is 4.79 Å². The third-order valence-electron chi connectivity index (χ3n) is 2.87. The van der Waals surface area contributed by atoms with Gasteiger partial charge in [-0.2, -0.15) is 0 Å². The molecule has 0 aliphatic rings. The number of halogens is 1. The van der Waals surface area contributed by atoms with Gasteiger partial charge in [0.25, 0.3) is 0 Å². The van der Waals surface area contributed by atoms with Gasteiger partial charge in [-0.05, 0) is 30.3 Å². The average Bonchev–Trinajstić information content (AvgIpc) is 2.52. The summed E-state index contributed by atoms with van der Waals surface area (Å²) in [6, 6.07) is 9.19. The SMILES string of the molecule is COC(=O)c1ccc(CNc2cc(Br)ccc2OC)nc1. The maximum atomic E-state index is 11.3. The average molecular weight is 351 g/mol. The molecule has 2 aromatic rings. The van der Waals surface area contributed by atoms with Crippen molar-refractivity contribution in [3.05, 3.63) is 52.3 Å². The second kappa shape index (κ2) is 7.08. The lowest BCUT2D eigenvalue weighted by molar-refractivity contribution is 0.0600. The van der Waals surface area contributed by atoms with Gasteiger partial charge in [0.05, 0.1) is 37.7 Å². The van der Waals surface area contributed by atoms with Crippen molar-refractivity contribution in [2.24, 2.45) is 0 Å². The lowest BCUT2D eigenvalue weighted by Crippen LogP contribution is -2.06. The predicted molar refractivity (Wildman–Crippen MR) is 83.6 cm³/mol. The molecule has 110 valence electrons. The second-order valence-electron chi connectivity index (χ2n) is 4.23. The van der Waals surface area contributed by atoms with Crippen LogP contribution in [0.15, 0.2) is 41.0 Å². The molecule has 0 amide bonds. The molecule has 2 rings (SSSR count). The molecule has 0 bridgehead atoms. The summed E-state index contributed by atoms with van der Waals surface area (Å²) in [5, 5.41) is 3.25. The van der Waals surface area contributed by atoms with E-state index >= 15 is 0 Å². The quantitative estimate of drug-likeness (QED) is 0.838. The molecule has 1 N–H and O–H groups in total. The fourth-order valence-corrected chi connectivity index (χ4v) is 2.13. The van der Waals surface area contributed by atoms with Crippen LogP contribution >= 0.6 is 15.9 Å². The van der Waals surface area contributed by atoms with Crippen LogP contribution in [-0.4, -0.2) is 25.2 Å². The van der Waals surface area contributed by atoms with Gasteiger partial charge in [-0.15, -0.1) is 0 Å². The first-order chi connectivity index (χ1) is 10.1. The number of rotatable bonds is 5. The van der Waals surface area contributed by atoms with Gasteiger partial charge in [0, 0.05) is 10.7 Å².